The van der Waals surface area contributed by atoms with Crippen LogP contribution in [-0.4, -0.2) is 59.7 Å². The van der Waals surface area contributed by atoms with Crippen LogP contribution in [-0.2, 0) is 4.74 Å². The number of hydrogen-bond donors (Lipinski definition) is 1. The number of phenols is 1. The van der Waals surface area contributed by atoms with Crippen molar-refractivity contribution in [1.82, 2.24) is 9.80 Å². The van der Waals surface area contributed by atoms with Crippen LogP contribution in [0, 0.1) is 0 Å². The summed E-state index contributed by atoms with van der Waals surface area (Å²) in [5.41, 5.74) is 5.03. The number of aromatic hydroxyl groups is 1. The standard InChI is InChI=1S/C26H24N2O4/c29-24-12-6-5-11-22(24)25(30)27-13-15-28(16-14-27)26(31)32-17-23-20-9-3-1-7-18(20)19-8-2-4-10-21(19)23/h1-12,23,29H,13-17H2. The molecule has 5 rings (SSSR count). The molecule has 0 spiro atoms. The molecule has 1 saturated heterocycles. The topological polar surface area (TPSA) is 70.1 Å². The molecule has 162 valence electrons. The van der Waals surface area contributed by atoms with E-state index in [1.54, 1.807) is 28.0 Å². The van der Waals surface area contributed by atoms with E-state index < -0.39 is 0 Å². The number of ether oxygens (including phenoxy) is 1. The van der Waals surface area contributed by atoms with E-state index in [1.807, 2.05) is 24.3 Å². The molecule has 3 aromatic rings. The van der Waals surface area contributed by atoms with Gasteiger partial charge in [-0.05, 0) is 34.4 Å². The average molecular weight is 428 g/mol. The lowest BCUT2D eigenvalue weighted by molar-refractivity contribution is 0.0552. The number of rotatable bonds is 3. The highest BCUT2D eigenvalue weighted by Crippen LogP contribution is 2.44. The molecule has 0 atom stereocenters. The van der Waals surface area contributed by atoms with E-state index in [0.29, 0.717) is 26.2 Å². The van der Waals surface area contributed by atoms with Crippen molar-refractivity contribution in [3.05, 3.63) is 89.5 Å². The van der Waals surface area contributed by atoms with Crippen LogP contribution in [0.15, 0.2) is 72.8 Å². The molecule has 6 heteroatoms. The van der Waals surface area contributed by atoms with Crippen molar-refractivity contribution < 1.29 is 19.4 Å². The van der Waals surface area contributed by atoms with Gasteiger partial charge >= 0.3 is 6.09 Å². The third-order valence-corrected chi connectivity index (χ3v) is 6.30. The van der Waals surface area contributed by atoms with E-state index in [4.69, 9.17) is 4.74 Å². The van der Waals surface area contributed by atoms with Crippen LogP contribution >= 0.6 is 0 Å². The number of carbonyl (C=O) groups excluding carboxylic acids is 2. The minimum Gasteiger partial charge on any atom is -0.507 e. The van der Waals surface area contributed by atoms with Gasteiger partial charge in [0, 0.05) is 32.1 Å². The van der Waals surface area contributed by atoms with Gasteiger partial charge < -0.3 is 19.6 Å². The molecule has 6 nitrogen and oxygen atoms in total. The second-order valence-corrected chi connectivity index (χ2v) is 8.10. The maximum atomic E-state index is 12.7. The fourth-order valence-electron chi connectivity index (χ4n) is 4.60. The number of hydrogen-bond acceptors (Lipinski definition) is 4. The highest BCUT2D eigenvalue weighted by Gasteiger charge is 2.31. The molecule has 0 saturated carbocycles. The Bertz CT molecular complexity index is 1120. The van der Waals surface area contributed by atoms with Crippen LogP contribution in [0.5, 0.6) is 5.75 Å². The molecule has 1 N–H and O–H groups in total. The molecule has 2 aliphatic rings. The number of nitrogens with zero attached hydrogens (tertiary/aromatic N) is 2. The number of benzene rings is 3. The van der Waals surface area contributed by atoms with Crippen molar-refractivity contribution in [2.45, 2.75) is 5.92 Å². The van der Waals surface area contributed by atoms with Crippen molar-refractivity contribution in [2.24, 2.45) is 0 Å². The summed E-state index contributed by atoms with van der Waals surface area (Å²) >= 11 is 0. The molecule has 32 heavy (non-hydrogen) atoms. The number of amides is 2. The lowest BCUT2D eigenvalue weighted by Crippen LogP contribution is -2.50. The minimum absolute atomic E-state index is 0.0234. The Hall–Kier alpha value is -3.80. The zero-order valence-corrected chi connectivity index (χ0v) is 17.6. The zero-order valence-electron chi connectivity index (χ0n) is 17.6. The molecule has 1 heterocycles. The molecule has 0 unspecified atom stereocenters. The Morgan fingerprint density at radius 3 is 1.94 bits per heavy atom. The second kappa shape index (κ2) is 8.38. The number of fused-ring (bicyclic) bond motifs is 3. The lowest BCUT2D eigenvalue weighted by Gasteiger charge is -2.34. The van der Waals surface area contributed by atoms with Gasteiger partial charge in [0.25, 0.3) is 5.91 Å². The van der Waals surface area contributed by atoms with E-state index in [-0.39, 0.29) is 35.8 Å². The first kappa shape index (κ1) is 20.1. The van der Waals surface area contributed by atoms with Gasteiger partial charge in [0.2, 0.25) is 0 Å². The first-order chi connectivity index (χ1) is 15.6. The number of carbonyl (C=O) groups is 2. The normalized spacial score (nSPS) is 15.2. The highest BCUT2D eigenvalue weighted by molar-refractivity contribution is 5.97. The summed E-state index contributed by atoms with van der Waals surface area (Å²) in [7, 11) is 0. The van der Waals surface area contributed by atoms with Gasteiger partial charge in [0.15, 0.2) is 0 Å². The van der Waals surface area contributed by atoms with Gasteiger partial charge in [-0.15, -0.1) is 0 Å². The summed E-state index contributed by atoms with van der Waals surface area (Å²) < 4.78 is 5.72. The number of piperazine rings is 1. The minimum atomic E-state index is -0.360. The van der Waals surface area contributed by atoms with Gasteiger partial charge in [0.1, 0.15) is 12.4 Å². The van der Waals surface area contributed by atoms with Crippen LogP contribution in [0.3, 0.4) is 0 Å². The van der Waals surface area contributed by atoms with Gasteiger partial charge in [-0.3, -0.25) is 4.79 Å². The zero-order chi connectivity index (χ0) is 22.1. The van der Waals surface area contributed by atoms with Gasteiger partial charge in [0.05, 0.1) is 5.56 Å². The van der Waals surface area contributed by atoms with E-state index >= 15 is 0 Å². The summed E-state index contributed by atoms with van der Waals surface area (Å²) in [6.45, 7) is 1.88. The van der Waals surface area contributed by atoms with Crippen molar-refractivity contribution in [2.75, 3.05) is 32.8 Å². The predicted molar refractivity (Wildman–Crippen MR) is 121 cm³/mol. The van der Waals surface area contributed by atoms with Crippen LogP contribution in [0.4, 0.5) is 4.79 Å². The lowest BCUT2D eigenvalue weighted by atomic mass is 9.98. The Balaban J connectivity index is 1.20. The third-order valence-electron chi connectivity index (χ3n) is 6.30. The largest absolute Gasteiger partial charge is 0.507 e. The molecular weight excluding hydrogens is 404 g/mol. The molecule has 2 amide bonds. The van der Waals surface area contributed by atoms with Crippen LogP contribution < -0.4 is 0 Å². The fraction of sp³-hybridized carbons (Fsp3) is 0.231. The van der Waals surface area contributed by atoms with Crippen LogP contribution in [0.2, 0.25) is 0 Å². The molecule has 0 bridgehead atoms. The molecule has 1 aliphatic heterocycles. The maximum absolute atomic E-state index is 12.7. The first-order valence-corrected chi connectivity index (χ1v) is 10.8. The maximum Gasteiger partial charge on any atom is 0.409 e. The van der Waals surface area contributed by atoms with Crippen molar-refractivity contribution in [3.8, 4) is 16.9 Å². The van der Waals surface area contributed by atoms with Crippen molar-refractivity contribution in [3.63, 3.8) is 0 Å². The van der Waals surface area contributed by atoms with Crippen LogP contribution in [0.1, 0.15) is 27.4 Å². The average Bonchev–Trinajstić information content (AvgIpc) is 3.16. The molecule has 1 fully saturated rings. The molecule has 1 aliphatic carbocycles. The first-order valence-electron chi connectivity index (χ1n) is 10.8. The molecule has 3 aromatic carbocycles. The summed E-state index contributed by atoms with van der Waals surface area (Å²) in [6.07, 6.45) is -0.360. The smallest absolute Gasteiger partial charge is 0.409 e. The van der Waals surface area contributed by atoms with E-state index in [0.717, 1.165) is 0 Å². The van der Waals surface area contributed by atoms with Crippen LogP contribution in [0.25, 0.3) is 11.1 Å². The summed E-state index contributed by atoms with van der Waals surface area (Å²) in [4.78, 5) is 28.7. The third kappa shape index (κ3) is 3.58. The van der Waals surface area contributed by atoms with Crippen molar-refractivity contribution in [1.29, 1.82) is 0 Å². The Morgan fingerprint density at radius 2 is 1.31 bits per heavy atom. The van der Waals surface area contributed by atoms with E-state index in [9.17, 15) is 14.7 Å². The number of para-hydroxylation sites is 1. The quantitative estimate of drug-likeness (QED) is 0.682. The van der Waals surface area contributed by atoms with E-state index in [2.05, 4.69) is 24.3 Å². The summed E-state index contributed by atoms with van der Waals surface area (Å²) in [5.74, 6) is -0.234. The molecule has 0 aromatic heterocycles. The number of phenolic OH excluding ortho intramolecular Hbond substituents is 1. The molecular formula is C26H24N2O4. The Morgan fingerprint density at radius 1 is 0.781 bits per heavy atom. The van der Waals surface area contributed by atoms with Crippen molar-refractivity contribution >= 4 is 12.0 Å². The Kier molecular flexibility index (Phi) is 5.27. The fourth-order valence-corrected chi connectivity index (χ4v) is 4.60. The molecule has 0 radical (unpaired) electrons. The SMILES string of the molecule is O=C(OCC1c2ccccc2-c2ccccc21)N1CCN(C(=O)c2ccccc2O)CC1. The van der Waals surface area contributed by atoms with Gasteiger partial charge in [-0.2, -0.15) is 0 Å². The highest BCUT2D eigenvalue weighted by atomic mass is 16.6. The van der Waals surface area contributed by atoms with E-state index in [1.165, 1.54) is 28.3 Å². The summed E-state index contributed by atoms with van der Waals surface area (Å²) in [5, 5.41) is 9.93. The van der Waals surface area contributed by atoms with Gasteiger partial charge in [-0.1, -0.05) is 60.7 Å². The Labute approximate surface area is 186 Å². The summed E-state index contributed by atoms with van der Waals surface area (Å²) in [6, 6.07) is 23.0. The van der Waals surface area contributed by atoms with Gasteiger partial charge in [-0.25, -0.2) is 4.79 Å². The predicted octanol–water partition coefficient (Wildman–Crippen LogP) is 4.10. The second-order valence-electron chi connectivity index (χ2n) is 8.10. The monoisotopic (exact) mass is 428 g/mol.